The third-order valence-corrected chi connectivity index (χ3v) is 3.97. The van der Waals surface area contributed by atoms with Crippen LogP contribution in [0.15, 0.2) is 42.6 Å². The summed E-state index contributed by atoms with van der Waals surface area (Å²) < 4.78 is 31.3. The maximum absolute atomic E-state index is 14.2. The van der Waals surface area contributed by atoms with Gasteiger partial charge in [0.15, 0.2) is 6.79 Å². The first-order valence-corrected chi connectivity index (χ1v) is 8.23. The predicted molar refractivity (Wildman–Crippen MR) is 96.4 cm³/mol. The summed E-state index contributed by atoms with van der Waals surface area (Å²) in [5, 5.41) is 9.58. The van der Waals surface area contributed by atoms with Crippen molar-refractivity contribution in [3.63, 3.8) is 0 Å². The molecule has 0 unspecified atom stereocenters. The summed E-state index contributed by atoms with van der Waals surface area (Å²) >= 11 is 0. The molecule has 0 bridgehead atoms. The molecule has 0 N–H and O–H groups in total. The number of fused-ring (bicyclic) bond motifs is 1. The fraction of sp³-hybridized carbons (Fsp3) is 0.200. The van der Waals surface area contributed by atoms with Gasteiger partial charge in [0.05, 0.1) is 23.1 Å². The van der Waals surface area contributed by atoms with E-state index in [2.05, 4.69) is 0 Å². The number of hydrogen-bond acceptors (Lipinski definition) is 5. The van der Waals surface area contributed by atoms with E-state index in [0.717, 1.165) is 0 Å². The number of ether oxygens (including phenoxy) is 3. The van der Waals surface area contributed by atoms with E-state index in [1.807, 2.05) is 6.07 Å². The zero-order valence-electron chi connectivity index (χ0n) is 14.9. The lowest BCUT2D eigenvalue weighted by atomic mass is 10.1. The number of hydrogen-bond donors (Lipinski definition) is 0. The van der Waals surface area contributed by atoms with Gasteiger partial charge < -0.3 is 18.8 Å². The van der Waals surface area contributed by atoms with Gasteiger partial charge in [0.1, 0.15) is 23.2 Å². The third-order valence-electron chi connectivity index (χ3n) is 3.97. The van der Waals surface area contributed by atoms with E-state index in [0.29, 0.717) is 11.2 Å². The highest BCUT2D eigenvalue weighted by molar-refractivity contribution is 5.93. The Labute approximate surface area is 155 Å². The van der Waals surface area contributed by atoms with E-state index in [4.69, 9.17) is 14.2 Å². The van der Waals surface area contributed by atoms with E-state index in [1.54, 1.807) is 48.0 Å². The van der Waals surface area contributed by atoms with Crippen LogP contribution >= 0.6 is 0 Å². The summed E-state index contributed by atoms with van der Waals surface area (Å²) in [5.74, 6) is -0.720. The Balaban J connectivity index is 2.15. The first kappa shape index (κ1) is 18.4. The van der Waals surface area contributed by atoms with Crippen molar-refractivity contribution in [2.24, 2.45) is 0 Å². The first-order valence-electron chi connectivity index (χ1n) is 8.23. The zero-order valence-corrected chi connectivity index (χ0v) is 14.9. The van der Waals surface area contributed by atoms with Crippen LogP contribution in [0.2, 0.25) is 0 Å². The zero-order chi connectivity index (χ0) is 19.4. The van der Waals surface area contributed by atoms with Crippen LogP contribution in [0.25, 0.3) is 16.6 Å². The van der Waals surface area contributed by atoms with Crippen LogP contribution in [-0.2, 0) is 9.47 Å². The lowest BCUT2D eigenvalue weighted by molar-refractivity contribution is 0.0438. The highest BCUT2D eigenvalue weighted by atomic mass is 19.1. The molecule has 1 aromatic heterocycles. The number of carbonyl (C=O) groups is 1. The Morgan fingerprint density at radius 1 is 1.30 bits per heavy atom. The topological polar surface area (TPSA) is 73.5 Å². The van der Waals surface area contributed by atoms with Gasteiger partial charge in [0.25, 0.3) is 0 Å². The monoisotopic (exact) mass is 368 g/mol. The van der Waals surface area contributed by atoms with Crippen LogP contribution in [0, 0.1) is 17.1 Å². The lowest BCUT2D eigenvalue weighted by Gasteiger charge is -2.13. The molecule has 0 aliphatic carbocycles. The second-order valence-corrected chi connectivity index (χ2v) is 5.61. The maximum atomic E-state index is 14.2. The van der Waals surface area contributed by atoms with Crippen LogP contribution in [0.5, 0.6) is 5.75 Å². The molecule has 7 heteroatoms. The summed E-state index contributed by atoms with van der Waals surface area (Å²) in [6, 6.07) is 11.5. The Morgan fingerprint density at radius 2 is 2.11 bits per heavy atom. The van der Waals surface area contributed by atoms with Crippen molar-refractivity contribution in [1.82, 2.24) is 4.57 Å². The van der Waals surface area contributed by atoms with E-state index in [1.165, 1.54) is 13.2 Å². The molecule has 0 radical (unpaired) electrons. The van der Waals surface area contributed by atoms with Crippen molar-refractivity contribution in [3.05, 3.63) is 59.5 Å². The number of benzene rings is 2. The second kappa shape index (κ2) is 7.89. The Kier molecular flexibility index (Phi) is 5.38. The SMILES string of the molecule is CCOC(=O)c1ccc(-n2cc(C#N)c3c(F)cccc32)cc1OCOC. The minimum absolute atomic E-state index is 0.0552. The molecule has 138 valence electrons. The van der Waals surface area contributed by atoms with Crippen molar-refractivity contribution in [1.29, 1.82) is 5.26 Å². The van der Waals surface area contributed by atoms with Crippen molar-refractivity contribution in [2.45, 2.75) is 6.92 Å². The molecule has 0 saturated heterocycles. The van der Waals surface area contributed by atoms with Crippen LogP contribution < -0.4 is 4.74 Å². The van der Waals surface area contributed by atoms with Gasteiger partial charge in [-0.25, -0.2) is 9.18 Å². The number of rotatable bonds is 6. The Morgan fingerprint density at radius 3 is 2.81 bits per heavy atom. The average Bonchev–Trinajstić information content (AvgIpc) is 3.06. The molecular formula is C20H17FN2O4. The highest BCUT2D eigenvalue weighted by Crippen LogP contribution is 2.30. The smallest absolute Gasteiger partial charge is 0.341 e. The third kappa shape index (κ3) is 3.48. The minimum Gasteiger partial charge on any atom is -0.467 e. The van der Waals surface area contributed by atoms with Crippen molar-refractivity contribution < 1.29 is 23.4 Å². The molecule has 1 heterocycles. The van der Waals surface area contributed by atoms with Gasteiger partial charge in [0, 0.05) is 25.1 Å². The second-order valence-electron chi connectivity index (χ2n) is 5.61. The van der Waals surface area contributed by atoms with Crippen molar-refractivity contribution in [2.75, 3.05) is 20.5 Å². The summed E-state index contributed by atoms with van der Waals surface area (Å²) in [5.41, 5.74) is 1.61. The van der Waals surface area contributed by atoms with Gasteiger partial charge in [0.2, 0.25) is 0 Å². The number of halogens is 1. The summed E-state index contributed by atoms with van der Waals surface area (Å²) in [4.78, 5) is 12.1. The fourth-order valence-corrected chi connectivity index (χ4v) is 2.82. The molecule has 0 aliphatic heterocycles. The van der Waals surface area contributed by atoms with Gasteiger partial charge in [-0.1, -0.05) is 6.07 Å². The van der Waals surface area contributed by atoms with Crippen molar-refractivity contribution >= 4 is 16.9 Å². The number of methoxy groups -OCH3 is 1. The molecule has 0 fully saturated rings. The number of nitriles is 1. The standard InChI is InChI=1S/C20H17FN2O4/c1-3-26-20(24)15-8-7-14(9-18(15)27-12-25-2)23-11-13(10-22)19-16(21)5-4-6-17(19)23/h4-9,11H,3,12H2,1-2H3. The molecule has 3 aromatic rings. The molecule has 0 aliphatic rings. The van der Waals surface area contributed by atoms with Gasteiger partial charge in [-0.15, -0.1) is 0 Å². The molecular weight excluding hydrogens is 351 g/mol. The molecule has 0 saturated carbocycles. The lowest BCUT2D eigenvalue weighted by Crippen LogP contribution is -2.10. The Bertz CT molecular complexity index is 1040. The van der Waals surface area contributed by atoms with Gasteiger partial charge in [-0.05, 0) is 31.2 Å². The Hall–Kier alpha value is -3.37. The average molecular weight is 368 g/mol. The van der Waals surface area contributed by atoms with Crippen LogP contribution in [0.3, 0.4) is 0 Å². The molecule has 3 rings (SSSR count). The van der Waals surface area contributed by atoms with E-state index in [9.17, 15) is 14.4 Å². The molecule has 0 spiro atoms. The molecule has 2 aromatic carbocycles. The molecule has 0 atom stereocenters. The summed E-state index contributed by atoms with van der Waals surface area (Å²) in [7, 11) is 1.47. The summed E-state index contributed by atoms with van der Waals surface area (Å²) in [6.45, 7) is 1.89. The van der Waals surface area contributed by atoms with Crippen LogP contribution in [0.1, 0.15) is 22.8 Å². The largest absolute Gasteiger partial charge is 0.467 e. The van der Waals surface area contributed by atoms with Crippen LogP contribution in [0.4, 0.5) is 4.39 Å². The van der Waals surface area contributed by atoms with Crippen LogP contribution in [-0.4, -0.2) is 31.0 Å². The van der Waals surface area contributed by atoms with E-state index in [-0.39, 0.29) is 35.7 Å². The van der Waals surface area contributed by atoms with Gasteiger partial charge in [-0.3, -0.25) is 0 Å². The van der Waals surface area contributed by atoms with Crippen molar-refractivity contribution in [3.8, 4) is 17.5 Å². The quantitative estimate of drug-likeness (QED) is 0.489. The first-order chi connectivity index (χ1) is 13.1. The van der Waals surface area contributed by atoms with E-state index >= 15 is 0 Å². The highest BCUT2D eigenvalue weighted by Gasteiger charge is 2.18. The number of esters is 1. The molecule has 6 nitrogen and oxygen atoms in total. The predicted octanol–water partition coefficient (Wildman–Crippen LogP) is 3.80. The number of carbonyl (C=O) groups excluding carboxylic acids is 1. The normalized spacial score (nSPS) is 10.6. The molecule has 0 amide bonds. The number of aromatic nitrogens is 1. The fourth-order valence-electron chi connectivity index (χ4n) is 2.82. The number of nitrogens with zero attached hydrogens (tertiary/aromatic N) is 2. The maximum Gasteiger partial charge on any atom is 0.341 e. The minimum atomic E-state index is -0.517. The molecule has 27 heavy (non-hydrogen) atoms. The van der Waals surface area contributed by atoms with Gasteiger partial charge >= 0.3 is 5.97 Å². The van der Waals surface area contributed by atoms with E-state index < -0.39 is 11.8 Å². The van der Waals surface area contributed by atoms with Gasteiger partial charge in [-0.2, -0.15) is 5.26 Å². The summed E-state index contributed by atoms with van der Waals surface area (Å²) in [6.07, 6.45) is 1.55.